The largest absolute Gasteiger partial charge is 0.452 e. The van der Waals surface area contributed by atoms with Crippen LogP contribution in [0, 0.1) is 27.4 Å². The van der Waals surface area contributed by atoms with E-state index in [1.807, 2.05) is 6.07 Å². The van der Waals surface area contributed by atoms with Crippen molar-refractivity contribution in [2.45, 2.75) is 31.2 Å². The van der Waals surface area contributed by atoms with E-state index in [0.29, 0.717) is 4.90 Å². The van der Waals surface area contributed by atoms with Gasteiger partial charge in [-0.05, 0) is 31.2 Å². The Morgan fingerprint density at radius 1 is 1.48 bits per heavy atom. The summed E-state index contributed by atoms with van der Waals surface area (Å²) in [5, 5.41) is 22.7. The Kier molecular flexibility index (Phi) is 6.94. The molecule has 0 fully saturated rings. The fourth-order valence-electron chi connectivity index (χ4n) is 1.80. The molecule has 1 amide bonds. The van der Waals surface area contributed by atoms with Crippen LogP contribution in [0.4, 0.5) is 5.69 Å². The molecule has 25 heavy (non-hydrogen) atoms. The van der Waals surface area contributed by atoms with Crippen molar-refractivity contribution >= 4 is 29.3 Å². The second-order valence-electron chi connectivity index (χ2n) is 5.74. The highest BCUT2D eigenvalue weighted by Crippen LogP contribution is 2.28. The first-order chi connectivity index (χ1) is 11.6. The summed E-state index contributed by atoms with van der Waals surface area (Å²) in [6, 6.07) is 5.97. The molecule has 0 aliphatic heterocycles. The third-order valence-electron chi connectivity index (χ3n) is 3.73. The molecular formula is C16H19N3O5S. The zero-order valence-corrected chi connectivity index (χ0v) is 15.2. The molecule has 0 aliphatic rings. The van der Waals surface area contributed by atoms with Crippen molar-refractivity contribution in [2.75, 3.05) is 12.9 Å². The summed E-state index contributed by atoms with van der Waals surface area (Å²) in [7, 11) is 0. The number of nitriles is 1. The molecule has 1 atom stereocenters. The Balaban J connectivity index is 2.78. The quantitative estimate of drug-likeness (QED) is 0.341. The molecule has 0 radical (unpaired) electrons. The average molecular weight is 365 g/mol. The normalized spacial score (nSPS) is 12.8. The van der Waals surface area contributed by atoms with E-state index in [9.17, 15) is 19.7 Å². The highest BCUT2D eigenvalue weighted by atomic mass is 32.2. The minimum Gasteiger partial charge on any atom is -0.452 e. The number of carbonyl (C=O) groups excluding carboxylic acids is 2. The summed E-state index contributed by atoms with van der Waals surface area (Å²) < 4.78 is 4.88. The Bertz CT molecular complexity index is 729. The number of hydrogen-bond acceptors (Lipinski definition) is 7. The standard InChI is InChI=1S/C16H19N3O5S/c1-10(2)16(3,9-17)18-14(20)8-24-15(21)11-5-6-13(25-4)12(7-11)19(22)23/h5-7,10H,8H2,1-4H3,(H,18,20)/t16-/m1/s1. The van der Waals surface area contributed by atoms with Gasteiger partial charge in [-0.1, -0.05) is 13.8 Å². The van der Waals surface area contributed by atoms with Gasteiger partial charge in [-0.2, -0.15) is 5.26 Å². The van der Waals surface area contributed by atoms with Crippen LogP contribution in [0.1, 0.15) is 31.1 Å². The van der Waals surface area contributed by atoms with Crippen LogP contribution in [-0.4, -0.2) is 35.2 Å². The molecule has 134 valence electrons. The molecule has 0 aromatic heterocycles. The summed E-state index contributed by atoms with van der Waals surface area (Å²) in [5.41, 5.74) is -1.31. The summed E-state index contributed by atoms with van der Waals surface area (Å²) in [6.07, 6.45) is 1.69. The Morgan fingerprint density at radius 2 is 2.12 bits per heavy atom. The predicted molar refractivity (Wildman–Crippen MR) is 92.2 cm³/mol. The zero-order chi connectivity index (χ0) is 19.2. The molecule has 8 nitrogen and oxygen atoms in total. The lowest BCUT2D eigenvalue weighted by Crippen LogP contribution is -2.50. The number of nitrogens with one attached hydrogen (secondary N) is 1. The molecule has 0 spiro atoms. The van der Waals surface area contributed by atoms with Crippen molar-refractivity contribution < 1.29 is 19.2 Å². The fraction of sp³-hybridized carbons (Fsp3) is 0.438. The molecule has 0 saturated heterocycles. The SMILES string of the molecule is CSc1ccc(C(=O)OCC(=O)N[C@](C)(C#N)C(C)C)cc1[N+](=O)[O-]. The highest BCUT2D eigenvalue weighted by molar-refractivity contribution is 7.98. The minimum atomic E-state index is -1.08. The van der Waals surface area contributed by atoms with E-state index in [2.05, 4.69) is 5.32 Å². The molecular weight excluding hydrogens is 346 g/mol. The molecule has 1 aromatic carbocycles. The van der Waals surface area contributed by atoms with Gasteiger partial charge in [-0.15, -0.1) is 11.8 Å². The molecule has 1 aromatic rings. The number of nitro groups is 1. The first-order valence-corrected chi connectivity index (χ1v) is 8.59. The maximum Gasteiger partial charge on any atom is 0.338 e. The van der Waals surface area contributed by atoms with Gasteiger partial charge in [0, 0.05) is 6.07 Å². The van der Waals surface area contributed by atoms with Crippen molar-refractivity contribution in [1.82, 2.24) is 5.32 Å². The lowest BCUT2D eigenvalue weighted by molar-refractivity contribution is -0.387. The molecule has 0 bridgehead atoms. The predicted octanol–water partition coefficient (Wildman–Crippen LogP) is 2.53. The van der Waals surface area contributed by atoms with E-state index < -0.39 is 28.9 Å². The van der Waals surface area contributed by atoms with Gasteiger partial charge in [-0.25, -0.2) is 4.79 Å². The monoisotopic (exact) mass is 365 g/mol. The number of amides is 1. The van der Waals surface area contributed by atoms with Crippen LogP contribution in [0.25, 0.3) is 0 Å². The van der Waals surface area contributed by atoms with Crippen LogP contribution < -0.4 is 5.32 Å². The van der Waals surface area contributed by atoms with Crippen molar-refractivity contribution in [3.63, 3.8) is 0 Å². The topological polar surface area (TPSA) is 122 Å². The third-order valence-corrected chi connectivity index (χ3v) is 4.52. The smallest absolute Gasteiger partial charge is 0.338 e. The van der Waals surface area contributed by atoms with Gasteiger partial charge in [0.05, 0.1) is 21.5 Å². The Labute approximate surface area is 149 Å². The number of nitrogens with zero attached hydrogens (tertiary/aromatic N) is 2. The van der Waals surface area contributed by atoms with E-state index in [4.69, 9.17) is 10.00 Å². The van der Waals surface area contributed by atoms with E-state index in [1.165, 1.54) is 23.9 Å². The molecule has 0 heterocycles. The van der Waals surface area contributed by atoms with Gasteiger partial charge in [0.1, 0.15) is 5.54 Å². The highest BCUT2D eigenvalue weighted by Gasteiger charge is 2.30. The van der Waals surface area contributed by atoms with Gasteiger partial charge in [0.25, 0.3) is 11.6 Å². The van der Waals surface area contributed by atoms with Gasteiger partial charge >= 0.3 is 5.97 Å². The van der Waals surface area contributed by atoms with Crippen molar-refractivity contribution in [2.24, 2.45) is 5.92 Å². The number of nitro benzene ring substituents is 1. The van der Waals surface area contributed by atoms with Crippen LogP contribution in [0.3, 0.4) is 0 Å². The number of thioether (sulfide) groups is 1. The second kappa shape index (κ2) is 8.48. The van der Waals surface area contributed by atoms with E-state index in [1.54, 1.807) is 27.0 Å². The summed E-state index contributed by atoms with van der Waals surface area (Å²) in [5.74, 6) is -1.62. The maximum atomic E-state index is 12.0. The van der Waals surface area contributed by atoms with Crippen LogP contribution >= 0.6 is 11.8 Å². The van der Waals surface area contributed by atoms with E-state index >= 15 is 0 Å². The maximum absolute atomic E-state index is 12.0. The fourth-order valence-corrected chi connectivity index (χ4v) is 2.35. The Hall–Kier alpha value is -2.60. The lowest BCUT2D eigenvalue weighted by atomic mass is 9.90. The lowest BCUT2D eigenvalue weighted by Gasteiger charge is -2.27. The first kappa shape index (κ1) is 20.4. The summed E-state index contributed by atoms with van der Waals surface area (Å²) >= 11 is 1.19. The van der Waals surface area contributed by atoms with E-state index in [0.717, 1.165) is 6.07 Å². The van der Waals surface area contributed by atoms with Gasteiger partial charge < -0.3 is 10.1 Å². The average Bonchev–Trinajstić information content (AvgIpc) is 2.58. The number of carbonyl (C=O) groups is 2. The van der Waals surface area contributed by atoms with Crippen LogP contribution in [0.5, 0.6) is 0 Å². The van der Waals surface area contributed by atoms with Crippen molar-refractivity contribution in [3.05, 3.63) is 33.9 Å². The first-order valence-electron chi connectivity index (χ1n) is 7.36. The van der Waals surface area contributed by atoms with E-state index in [-0.39, 0.29) is 17.2 Å². The number of hydrogen-bond donors (Lipinski definition) is 1. The molecule has 9 heteroatoms. The molecule has 0 unspecified atom stereocenters. The molecule has 1 rings (SSSR count). The minimum absolute atomic E-state index is 0.0239. The van der Waals surface area contributed by atoms with Gasteiger partial charge in [0.15, 0.2) is 6.61 Å². The molecule has 0 saturated carbocycles. The van der Waals surface area contributed by atoms with Gasteiger partial charge in [0.2, 0.25) is 0 Å². The number of rotatable bonds is 7. The summed E-state index contributed by atoms with van der Waals surface area (Å²) in [6.45, 7) is 4.55. The number of esters is 1. The van der Waals surface area contributed by atoms with Crippen molar-refractivity contribution in [3.8, 4) is 6.07 Å². The van der Waals surface area contributed by atoms with Crippen LogP contribution in [-0.2, 0) is 9.53 Å². The Morgan fingerprint density at radius 3 is 2.60 bits per heavy atom. The number of ether oxygens (including phenoxy) is 1. The molecule has 0 aliphatic carbocycles. The van der Waals surface area contributed by atoms with Crippen molar-refractivity contribution in [1.29, 1.82) is 5.26 Å². The summed E-state index contributed by atoms with van der Waals surface area (Å²) in [4.78, 5) is 34.7. The molecule has 1 N–H and O–H groups in total. The van der Waals surface area contributed by atoms with Gasteiger partial charge in [-0.3, -0.25) is 14.9 Å². The van der Waals surface area contributed by atoms with Crippen LogP contribution in [0.15, 0.2) is 23.1 Å². The second-order valence-corrected chi connectivity index (χ2v) is 6.58. The zero-order valence-electron chi connectivity index (χ0n) is 14.4. The number of benzene rings is 1. The third kappa shape index (κ3) is 5.19. The van der Waals surface area contributed by atoms with Crippen LogP contribution in [0.2, 0.25) is 0 Å².